The average molecular weight is 396 g/mol. The van der Waals surface area contributed by atoms with Crippen molar-refractivity contribution in [1.82, 2.24) is 10.6 Å². The van der Waals surface area contributed by atoms with E-state index in [9.17, 15) is 32.3 Å². The van der Waals surface area contributed by atoms with Gasteiger partial charge in [0.1, 0.15) is 6.61 Å². The monoisotopic (exact) mass is 396 g/mol. The Kier molecular flexibility index (Phi) is 9.03. The lowest BCUT2D eigenvalue weighted by atomic mass is 10.3. The van der Waals surface area contributed by atoms with E-state index in [-0.39, 0.29) is 11.1 Å². The molecule has 152 valence electrons. The fourth-order valence-electron chi connectivity index (χ4n) is 1.35. The van der Waals surface area contributed by atoms with Gasteiger partial charge in [0.25, 0.3) is 0 Å². The second-order valence-electron chi connectivity index (χ2n) is 5.35. The number of alkyl halides is 3. The van der Waals surface area contributed by atoms with E-state index in [1.54, 1.807) is 0 Å². The summed E-state index contributed by atoms with van der Waals surface area (Å²) in [7, 11) is 0. The number of aliphatic carboxylic acids is 1. The fourth-order valence-corrected chi connectivity index (χ4v) is 1.35. The molecule has 0 saturated heterocycles. The van der Waals surface area contributed by atoms with Gasteiger partial charge in [-0.2, -0.15) is 13.2 Å². The number of hydrogen-bond donors (Lipinski definition) is 3. The second-order valence-corrected chi connectivity index (χ2v) is 5.35. The number of halogens is 3. The zero-order chi connectivity index (χ0) is 21.4. The highest BCUT2D eigenvalue weighted by atomic mass is 19.4. The number of carboxylic acids is 1. The number of esters is 2. The van der Waals surface area contributed by atoms with Gasteiger partial charge in [-0.1, -0.05) is 13.2 Å². The van der Waals surface area contributed by atoms with Crippen LogP contribution in [0.2, 0.25) is 0 Å². The first kappa shape index (κ1) is 23.9. The number of carbonyl (C=O) groups is 4. The van der Waals surface area contributed by atoms with Gasteiger partial charge in [0.2, 0.25) is 6.04 Å². The minimum absolute atomic E-state index is 0.0151. The minimum Gasteiger partial charge on any atom is -0.479 e. The van der Waals surface area contributed by atoms with Gasteiger partial charge in [-0.05, 0) is 13.8 Å². The van der Waals surface area contributed by atoms with Crippen molar-refractivity contribution < 1.29 is 46.9 Å². The molecule has 2 atom stereocenters. The van der Waals surface area contributed by atoms with E-state index in [1.165, 1.54) is 19.2 Å². The maximum absolute atomic E-state index is 12.5. The van der Waals surface area contributed by atoms with Crippen molar-refractivity contribution in [2.45, 2.75) is 32.2 Å². The number of carbonyl (C=O) groups excluding carboxylic acids is 3. The van der Waals surface area contributed by atoms with Crippen molar-refractivity contribution in [1.29, 1.82) is 0 Å². The topological polar surface area (TPSA) is 131 Å². The molecule has 27 heavy (non-hydrogen) atoms. The van der Waals surface area contributed by atoms with Gasteiger partial charge in [0.15, 0.2) is 6.10 Å². The van der Waals surface area contributed by atoms with Gasteiger partial charge in [0.05, 0.1) is 6.54 Å². The molecular formula is C15H19F3N2O7. The molecule has 0 spiro atoms. The number of carboxylic acid groups (broad SMARTS) is 1. The Hall–Kier alpha value is -3.05. The van der Waals surface area contributed by atoms with E-state index in [1.807, 2.05) is 5.32 Å². The number of nitrogens with one attached hydrogen (secondary N) is 2. The van der Waals surface area contributed by atoms with Gasteiger partial charge < -0.3 is 25.2 Å². The highest BCUT2D eigenvalue weighted by molar-refractivity contribution is 5.88. The predicted molar refractivity (Wildman–Crippen MR) is 84.5 cm³/mol. The molecule has 0 aromatic heterocycles. The van der Waals surface area contributed by atoms with Gasteiger partial charge >= 0.3 is 30.1 Å². The molecule has 0 bridgehead atoms. The van der Waals surface area contributed by atoms with Crippen LogP contribution in [0.4, 0.5) is 18.0 Å². The van der Waals surface area contributed by atoms with E-state index < -0.39 is 55.4 Å². The predicted octanol–water partition coefficient (Wildman–Crippen LogP) is 0.908. The maximum Gasteiger partial charge on any atom is 0.419 e. The van der Waals surface area contributed by atoms with E-state index in [0.717, 1.165) is 0 Å². The summed E-state index contributed by atoms with van der Waals surface area (Å²) in [6.07, 6.45) is -6.48. The van der Waals surface area contributed by atoms with E-state index in [2.05, 4.69) is 13.2 Å². The van der Waals surface area contributed by atoms with Crippen LogP contribution in [0.5, 0.6) is 0 Å². The van der Waals surface area contributed by atoms with Crippen LogP contribution in [0.15, 0.2) is 24.3 Å². The molecule has 0 radical (unpaired) electrons. The first-order valence-electron chi connectivity index (χ1n) is 7.28. The molecule has 0 fully saturated rings. The van der Waals surface area contributed by atoms with E-state index in [4.69, 9.17) is 14.6 Å². The Morgan fingerprint density at radius 1 is 1.07 bits per heavy atom. The molecule has 0 heterocycles. The van der Waals surface area contributed by atoms with Crippen LogP contribution in [0.1, 0.15) is 13.8 Å². The lowest BCUT2D eigenvalue weighted by molar-refractivity contribution is -0.178. The lowest BCUT2D eigenvalue weighted by Gasteiger charge is -2.21. The molecule has 0 saturated carbocycles. The van der Waals surface area contributed by atoms with Crippen molar-refractivity contribution in [2.24, 2.45) is 0 Å². The maximum atomic E-state index is 12.5. The average Bonchev–Trinajstić information content (AvgIpc) is 2.52. The molecule has 12 heteroatoms. The minimum atomic E-state index is -5.22. The normalized spacial score (nSPS) is 12.9. The largest absolute Gasteiger partial charge is 0.479 e. The molecule has 0 aliphatic rings. The third-order valence-corrected chi connectivity index (χ3v) is 2.71. The Bertz CT molecular complexity index is 631. The molecular weight excluding hydrogens is 377 g/mol. The third-order valence-electron chi connectivity index (χ3n) is 2.71. The fraction of sp³-hybridized carbons (Fsp3) is 0.467. The number of ether oxygens (including phenoxy) is 2. The number of rotatable bonds is 9. The van der Waals surface area contributed by atoms with Crippen LogP contribution in [-0.4, -0.2) is 60.5 Å². The van der Waals surface area contributed by atoms with Gasteiger partial charge in [-0.25, -0.2) is 19.2 Å². The van der Waals surface area contributed by atoms with Crippen LogP contribution in [0, 0.1) is 0 Å². The SMILES string of the molecule is C=C(C)C(=O)OCC(CNC(=O)NC(C(=O)O)C(F)(F)F)OC(=O)C(=C)C. The lowest BCUT2D eigenvalue weighted by Crippen LogP contribution is -2.54. The van der Waals surface area contributed by atoms with Crippen LogP contribution in [0.25, 0.3) is 0 Å². The summed E-state index contributed by atoms with van der Waals surface area (Å²) in [6, 6.07) is -4.61. The summed E-state index contributed by atoms with van der Waals surface area (Å²) < 4.78 is 47.2. The first-order valence-corrected chi connectivity index (χ1v) is 7.28. The smallest absolute Gasteiger partial charge is 0.419 e. The zero-order valence-corrected chi connectivity index (χ0v) is 14.5. The molecule has 2 amide bonds. The van der Waals surface area contributed by atoms with Crippen molar-refractivity contribution in [3.8, 4) is 0 Å². The van der Waals surface area contributed by atoms with E-state index >= 15 is 0 Å². The van der Waals surface area contributed by atoms with Crippen molar-refractivity contribution in [2.75, 3.05) is 13.2 Å². The van der Waals surface area contributed by atoms with Crippen LogP contribution in [0.3, 0.4) is 0 Å². The molecule has 0 aliphatic carbocycles. The molecule has 3 N–H and O–H groups in total. The molecule has 9 nitrogen and oxygen atoms in total. The molecule has 0 aromatic carbocycles. The first-order chi connectivity index (χ1) is 12.3. The highest BCUT2D eigenvalue weighted by Crippen LogP contribution is 2.20. The number of urea groups is 1. The van der Waals surface area contributed by atoms with Crippen molar-refractivity contribution >= 4 is 23.9 Å². The summed E-state index contributed by atoms with van der Waals surface area (Å²) in [4.78, 5) is 45.0. The third kappa shape index (κ3) is 9.28. The molecule has 0 rings (SSSR count). The molecule has 0 aliphatic heterocycles. The summed E-state index contributed by atoms with van der Waals surface area (Å²) >= 11 is 0. The number of amides is 2. The van der Waals surface area contributed by atoms with Gasteiger partial charge in [0, 0.05) is 11.1 Å². The van der Waals surface area contributed by atoms with Gasteiger partial charge in [-0.3, -0.25) is 0 Å². The number of hydrogen-bond acceptors (Lipinski definition) is 6. The summed E-state index contributed by atoms with van der Waals surface area (Å²) in [5, 5.41) is 11.6. The quantitative estimate of drug-likeness (QED) is 0.390. The molecule has 0 aromatic rings. The Morgan fingerprint density at radius 2 is 1.59 bits per heavy atom. The van der Waals surface area contributed by atoms with Crippen LogP contribution in [-0.2, 0) is 23.9 Å². The highest BCUT2D eigenvalue weighted by Gasteiger charge is 2.46. The van der Waals surface area contributed by atoms with Crippen LogP contribution < -0.4 is 10.6 Å². The Morgan fingerprint density at radius 3 is 2.00 bits per heavy atom. The van der Waals surface area contributed by atoms with Crippen molar-refractivity contribution in [3.63, 3.8) is 0 Å². The van der Waals surface area contributed by atoms with Crippen LogP contribution >= 0.6 is 0 Å². The Balaban J connectivity index is 4.90. The van der Waals surface area contributed by atoms with E-state index in [0.29, 0.717) is 0 Å². The molecule has 2 unspecified atom stereocenters. The second kappa shape index (κ2) is 10.2. The summed E-state index contributed by atoms with van der Waals surface area (Å²) in [5.41, 5.74) is 0.0267. The Labute approximate surface area is 152 Å². The van der Waals surface area contributed by atoms with Crippen molar-refractivity contribution in [3.05, 3.63) is 24.3 Å². The summed E-state index contributed by atoms with van der Waals surface area (Å²) in [5.74, 6) is -4.02. The summed E-state index contributed by atoms with van der Waals surface area (Å²) in [6.45, 7) is 8.22. The zero-order valence-electron chi connectivity index (χ0n) is 14.5. The van der Waals surface area contributed by atoms with Gasteiger partial charge in [-0.15, -0.1) is 0 Å². The standard InChI is InChI=1S/C15H19F3N2O7/c1-7(2)12(23)26-6-9(27-13(24)8(3)4)5-19-14(25)20-10(11(21)22)15(16,17)18/h9-10H,1,3,5-6H2,2,4H3,(H,21,22)(H2,19,20,25).